The zero-order valence-corrected chi connectivity index (χ0v) is 15.5. The van der Waals surface area contributed by atoms with E-state index in [2.05, 4.69) is 10.3 Å². The standard InChI is InChI=1S/C19H20FN3O2S/c1-3-4-9-21-15(24)10-23-11-22-18-17(19(23)25)16(12(2)26-18)13-5-7-14(20)8-6-13/h5-8,11H,3-4,9-10H2,1-2H3,(H,21,24). The van der Waals surface area contributed by atoms with E-state index < -0.39 is 0 Å². The lowest BCUT2D eigenvalue weighted by atomic mass is 10.0. The lowest BCUT2D eigenvalue weighted by molar-refractivity contribution is -0.121. The molecule has 0 aliphatic rings. The summed E-state index contributed by atoms with van der Waals surface area (Å²) in [5.41, 5.74) is 1.26. The molecule has 0 aliphatic heterocycles. The number of unbranched alkanes of at least 4 members (excludes halogenated alkanes) is 1. The van der Waals surface area contributed by atoms with E-state index in [0.29, 0.717) is 16.8 Å². The predicted octanol–water partition coefficient (Wildman–Crippen LogP) is 3.49. The lowest BCUT2D eigenvalue weighted by Crippen LogP contribution is -2.32. The third-order valence-electron chi connectivity index (χ3n) is 4.15. The van der Waals surface area contributed by atoms with Crippen molar-refractivity contribution >= 4 is 27.5 Å². The minimum Gasteiger partial charge on any atom is -0.355 e. The summed E-state index contributed by atoms with van der Waals surface area (Å²) in [6, 6.07) is 6.04. The minimum absolute atomic E-state index is 0.0662. The van der Waals surface area contributed by atoms with Crippen molar-refractivity contribution in [3.8, 4) is 11.1 Å². The van der Waals surface area contributed by atoms with Crippen molar-refractivity contribution in [2.45, 2.75) is 33.2 Å². The third kappa shape index (κ3) is 3.67. The number of halogens is 1. The topological polar surface area (TPSA) is 64.0 Å². The number of aryl methyl sites for hydroxylation is 1. The summed E-state index contributed by atoms with van der Waals surface area (Å²) in [6.07, 6.45) is 3.30. The molecule has 0 radical (unpaired) electrons. The van der Waals surface area contributed by atoms with E-state index in [1.807, 2.05) is 13.8 Å². The molecule has 1 aromatic carbocycles. The van der Waals surface area contributed by atoms with E-state index in [4.69, 9.17) is 0 Å². The molecule has 0 spiro atoms. The fourth-order valence-electron chi connectivity index (χ4n) is 2.83. The van der Waals surface area contributed by atoms with E-state index in [9.17, 15) is 14.0 Å². The number of fused-ring (bicyclic) bond motifs is 1. The number of rotatable bonds is 6. The Hall–Kier alpha value is -2.54. The Balaban J connectivity index is 2.00. The average molecular weight is 373 g/mol. The highest BCUT2D eigenvalue weighted by Crippen LogP contribution is 2.35. The molecule has 2 aromatic heterocycles. The summed E-state index contributed by atoms with van der Waals surface area (Å²) in [5, 5.41) is 3.27. The summed E-state index contributed by atoms with van der Waals surface area (Å²) < 4.78 is 14.6. The molecule has 136 valence electrons. The Morgan fingerprint density at radius 1 is 1.31 bits per heavy atom. The summed E-state index contributed by atoms with van der Waals surface area (Å²) in [6.45, 7) is 4.48. The fourth-order valence-corrected chi connectivity index (χ4v) is 3.83. The van der Waals surface area contributed by atoms with Crippen LogP contribution in [0.3, 0.4) is 0 Å². The van der Waals surface area contributed by atoms with Crippen LogP contribution >= 0.6 is 11.3 Å². The molecule has 0 bridgehead atoms. The second-order valence-electron chi connectivity index (χ2n) is 6.10. The van der Waals surface area contributed by atoms with Crippen molar-refractivity contribution in [1.29, 1.82) is 0 Å². The van der Waals surface area contributed by atoms with Crippen LogP contribution < -0.4 is 10.9 Å². The molecule has 1 amide bonds. The molecule has 0 fully saturated rings. The van der Waals surface area contributed by atoms with Crippen LogP contribution in [0.4, 0.5) is 4.39 Å². The van der Waals surface area contributed by atoms with E-state index >= 15 is 0 Å². The number of nitrogens with zero attached hydrogens (tertiary/aromatic N) is 2. The van der Waals surface area contributed by atoms with Gasteiger partial charge in [-0.05, 0) is 31.0 Å². The average Bonchev–Trinajstić information content (AvgIpc) is 2.95. The minimum atomic E-state index is -0.328. The van der Waals surface area contributed by atoms with Crippen LogP contribution in [0.2, 0.25) is 0 Å². The first-order valence-electron chi connectivity index (χ1n) is 8.52. The molecule has 0 saturated carbocycles. The first-order chi connectivity index (χ1) is 12.5. The van der Waals surface area contributed by atoms with Crippen LogP contribution in [0.1, 0.15) is 24.6 Å². The Labute approximate surface area is 154 Å². The van der Waals surface area contributed by atoms with Gasteiger partial charge in [0.1, 0.15) is 17.2 Å². The maximum Gasteiger partial charge on any atom is 0.263 e. The van der Waals surface area contributed by atoms with Crippen molar-refractivity contribution in [2.75, 3.05) is 6.54 Å². The van der Waals surface area contributed by atoms with Crippen LogP contribution in [-0.4, -0.2) is 22.0 Å². The summed E-state index contributed by atoms with van der Waals surface area (Å²) in [4.78, 5) is 30.9. The third-order valence-corrected chi connectivity index (χ3v) is 5.17. The van der Waals surface area contributed by atoms with Crippen molar-refractivity contribution in [2.24, 2.45) is 0 Å². The van der Waals surface area contributed by atoms with E-state index in [-0.39, 0.29) is 23.8 Å². The van der Waals surface area contributed by atoms with Crippen molar-refractivity contribution in [1.82, 2.24) is 14.9 Å². The van der Waals surface area contributed by atoms with Crippen LogP contribution in [-0.2, 0) is 11.3 Å². The predicted molar refractivity (Wildman–Crippen MR) is 102 cm³/mol. The van der Waals surface area contributed by atoms with Crippen molar-refractivity contribution in [3.63, 3.8) is 0 Å². The highest BCUT2D eigenvalue weighted by molar-refractivity contribution is 7.19. The van der Waals surface area contributed by atoms with E-state index in [1.165, 1.54) is 34.4 Å². The first kappa shape index (κ1) is 18.3. The van der Waals surface area contributed by atoms with Gasteiger partial charge in [0.15, 0.2) is 0 Å². The maximum atomic E-state index is 13.2. The number of benzene rings is 1. The van der Waals surface area contributed by atoms with Gasteiger partial charge in [-0.25, -0.2) is 9.37 Å². The molecule has 0 atom stereocenters. The largest absolute Gasteiger partial charge is 0.355 e. The van der Waals surface area contributed by atoms with Gasteiger partial charge in [0.2, 0.25) is 5.91 Å². The number of thiophene rings is 1. The maximum absolute atomic E-state index is 13.2. The molecule has 7 heteroatoms. The highest BCUT2D eigenvalue weighted by Gasteiger charge is 2.17. The number of carbonyl (C=O) groups excluding carboxylic acids is 1. The van der Waals surface area contributed by atoms with Gasteiger partial charge >= 0.3 is 0 Å². The van der Waals surface area contributed by atoms with E-state index in [1.54, 1.807) is 12.1 Å². The Morgan fingerprint density at radius 2 is 2.04 bits per heavy atom. The van der Waals surface area contributed by atoms with Gasteiger partial charge in [0.05, 0.1) is 11.7 Å². The molecule has 3 aromatic rings. The van der Waals surface area contributed by atoms with Crippen LogP contribution in [0.25, 0.3) is 21.3 Å². The van der Waals surface area contributed by atoms with Crippen molar-refractivity contribution in [3.05, 3.63) is 51.6 Å². The summed E-state index contributed by atoms with van der Waals surface area (Å²) in [7, 11) is 0. The molecule has 3 rings (SSSR count). The van der Waals surface area contributed by atoms with Crippen molar-refractivity contribution < 1.29 is 9.18 Å². The first-order valence-corrected chi connectivity index (χ1v) is 9.34. The number of aromatic nitrogens is 2. The summed E-state index contributed by atoms with van der Waals surface area (Å²) in [5.74, 6) is -0.540. The fraction of sp³-hybridized carbons (Fsp3) is 0.316. The Morgan fingerprint density at radius 3 is 2.73 bits per heavy atom. The molecule has 1 N–H and O–H groups in total. The summed E-state index contributed by atoms with van der Waals surface area (Å²) >= 11 is 1.42. The molecular formula is C19H20FN3O2S. The van der Waals surface area contributed by atoms with Crippen LogP contribution in [0, 0.1) is 12.7 Å². The van der Waals surface area contributed by atoms with Crippen LogP contribution in [0.5, 0.6) is 0 Å². The molecule has 2 heterocycles. The zero-order valence-electron chi connectivity index (χ0n) is 14.7. The molecule has 0 unspecified atom stereocenters. The molecular weight excluding hydrogens is 353 g/mol. The second-order valence-corrected chi connectivity index (χ2v) is 7.30. The van der Waals surface area contributed by atoms with Gasteiger partial charge in [-0.2, -0.15) is 0 Å². The number of hydrogen-bond donors (Lipinski definition) is 1. The van der Waals surface area contributed by atoms with Gasteiger partial charge in [0, 0.05) is 17.0 Å². The van der Waals surface area contributed by atoms with Gasteiger partial charge < -0.3 is 5.32 Å². The Kier molecular flexibility index (Phi) is 5.46. The van der Waals surface area contributed by atoms with Gasteiger partial charge in [0.25, 0.3) is 5.56 Å². The number of nitrogens with one attached hydrogen (secondary N) is 1. The van der Waals surface area contributed by atoms with Gasteiger partial charge in [-0.15, -0.1) is 11.3 Å². The number of amides is 1. The molecule has 26 heavy (non-hydrogen) atoms. The smallest absolute Gasteiger partial charge is 0.263 e. The lowest BCUT2D eigenvalue weighted by Gasteiger charge is -2.07. The van der Waals surface area contributed by atoms with Crippen LogP contribution in [0.15, 0.2) is 35.4 Å². The monoisotopic (exact) mass is 373 g/mol. The number of carbonyl (C=O) groups is 1. The molecule has 5 nitrogen and oxygen atoms in total. The molecule has 0 saturated heterocycles. The zero-order chi connectivity index (χ0) is 18.7. The quantitative estimate of drug-likeness (QED) is 0.673. The highest BCUT2D eigenvalue weighted by atomic mass is 32.1. The molecule has 0 aliphatic carbocycles. The number of hydrogen-bond acceptors (Lipinski definition) is 4. The second kappa shape index (κ2) is 7.78. The van der Waals surface area contributed by atoms with Gasteiger partial charge in [-0.1, -0.05) is 25.5 Å². The normalized spacial score (nSPS) is 11.0. The Bertz CT molecular complexity index is 992. The van der Waals surface area contributed by atoms with Gasteiger partial charge in [-0.3, -0.25) is 14.2 Å². The van der Waals surface area contributed by atoms with E-state index in [0.717, 1.165) is 28.8 Å². The SMILES string of the molecule is CCCCNC(=O)Cn1cnc2sc(C)c(-c3ccc(F)cc3)c2c1=O.